The number of aromatic nitrogens is 1. The summed E-state index contributed by atoms with van der Waals surface area (Å²) in [5.41, 5.74) is 3.90. The molecule has 0 bridgehead atoms. The summed E-state index contributed by atoms with van der Waals surface area (Å²) in [6.45, 7) is 0. The molecule has 19 heavy (non-hydrogen) atoms. The minimum Gasteiger partial charge on any atom is -0.256 e. The molecule has 1 nitrogen and oxygen atoms in total. The van der Waals surface area contributed by atoms with Crippen LogP contribution in [0.25, 0.3) is 11.3 Å². The van der Waals surface area contributed by atoms with E-state index in [0.717, 1.165) is 0 Å². The second-order valence-electron chi connectivity index (χ2n) is 5.50. The molecule has 1 fully saturated rings. The van der Waals surface area contributed by atoms with Crippen molar-refractivity contribution >= 4 is 0 Å². The van der Waals surface area contributed by atoms with Gasteiger partial charge in [-0.05, 0) is 30.4 Å². The molecule has 1 heterocycles. The summed E-state index contributed by atoms with van der Waals surface area (Å²) in [4.78, 5) is 4.65. The highest BCUT2D eigenvalue weighted by Crippen LogP contribution is 2.36. The molecule has 1 aliphatic carbocycles. The maximum Gasteiger partial charge on any atom is 0.0736 e. The largest absolute Gasteiger partial charge is 0.256 e. The van der Waals surface area contributed by atoms with Crippen LogP contribution in [0, 0.1) is 0 Å². The lowest BCUT2D eigenvalue weighted by Crippen LogP contribution is -2.01. The zero-order valence-corrected chi connectivity index (χ0v) is 11.4. The molecule has 0 amide bonds. The molecule has 1 heteroatoms. The topological polar surface area (TPSA) is 12.9 Å². The molecule has 0 aliphatic heterocycles. The first-order chi connectivity index (χ1) is 9.45. The lowest BCUT2D eigenvalue weighted by atomic mass is 9.89. The van der Waals surface area contributed by atoms with E-state index >= 15 is 0 Å². The molecule has 98 valence electrons. The van der Waals surface area contributed by atoms with Gasteiger partial charge in [0.25, 0.3) is 0 Å². The van der Waals surface area contributed by atoms with E-state index in [-0.39, 0.29) is 0 Å². The van der Waals surface area contributed by atoms with Gasteiger partial charge in [0.1, 0.15) is 0 Å². The molecular formula is C18H21N. The molecule has 0 saturated heterocycles. The van der Waals surface area contributed by atoms with Gasteiger partial charge in [0, 0.05) is 11.8 Å². The van der Waals surface area contributed by atoms with E-state index in [0.29, 0.717) is 5.92 Å². The van der Waals surface area contributed by atoms with Gasteiger partial charge in [-0.2, -0.15) is 0 Å². The Hall–Kier alpha value is -1.63. The highest BCUT2D eigenvalue weighted by Gasteiger charge is 2.18. The number of nitrogens with zero attached hydrogens (tertiary/aromatic N) is 1. The quantitative estimate of drug-likeness (QED) is 0.670. The third-order valence-electron chi connectivity index (χ3n) is 4.18. The van der Waals surface area contributed by atoms with Gasteiger partial charge in [-0.1, -0.05) is 62.1 Å². The standard InChI is InChI=1S/C18H21N/c1-2-5-10-15(9-4-1)17-13-8-14-19-18(17)16-11-6-3-7-12-16/h3,6-8,11-15H,1-2,4-5,9-10H2. The van der Waals surface area contributed by atoms with Crippen molar-refractivity contribution in [3.8, 4) is 11.3 Å². The number of rotatable bonds is 2. The zero-order valence-electron chi connectivity index (χ0n) is 11.4. The first kappa shape index (κ1) is 12.4. The Bertz CT molecular complexity index is 510. The fourth-order valence-corrected chi connectivity index (χ4v) is 3.17. The molecule has 1 aromatic heterocycles. The molecule has 1 aromatic carbocycles. The van der Waals surface area contributed by atoms with Crippen LogP contribution in [0.3, 0.4) is 0 Å². The summed E-state index contributed by atoms with van der Waals surface area (Å²) < 4.78 is 0. The van der Waals surface area contributed by atoms with Gasteiger partial charge in [-0.3, -0.25) is 4.98 Å². The summed E-state index contributed by atoms with van der Waals surface area (Å²) in [5.74, 6) is 0.700. The van der Waals surface area contributed by atoms with Gasteiger partial charge in [0.15, 0.2) is 0 Å². The minimum absolute atomic E-state index is 0.700. The number of hydrogen-bond donors (Lipinski definition) is 0. The van der Waals surface area contributed by atoms with Crippen molar-refractivity contribution in [1.82, 2.24) is 4.98 Å². The lowest BCUT2D eigenvalue weighted by molar-refractivity contribution is 0.592. The van der Waals surface area contributed by atoms with Crippen LogP contribution in [0.4, 0.5) is 0 Å². The third kappa shape index (κ3) is 2.86. The SMILES string of the molecule is c1ccc(-c2ncccc2C2CCCCCC2)cc1. The Kier molecular flexibility index (Phi) is 3.92. The smallest absolute Gasteiger partial charge is 0.0736 e. The van der Waals surface area contributed by atoms with Gasteiger partial charge in [-0.25, -0.2) is 0 Å². The van der Waals surface area contributed by atoms with Crippen LogP contribution in [-0.4, -0.2) is 4.98 Å². The van der Waals surface area contributed by atoms with Gasteiger partial charge in [0.05, 0.1) is 5.69 Å². The Balaban J connectivity index is 1.97. The van der Waals surface area contributed by atoms with Crippen LogP contribution >= 0.6 is 0 Å². The van der Waals surface area contributed by atoms with Crippen molar-refractivity contribution in [3.05, 3.63) is 54.2 Å². The van der Waals surface area contributed by atoms with Crippen LogP contribution in [0.1, 0.15) is 50.0 Å². The molecule has 1 aliphatic rings. The van der Waals surface area contributed by atoms with E-state index in [1.807, 2.05) is 6.20 Å². The van der Waals surface area contributed by atoms with Crippen LogP contribution in [0.15, 0.2) is 48.7 Å². The summed E-state index contributed by atoms with van der Waals surface area (Å²) in [6.07, 6.45) is 10.1. The molecule has 0 spiro atoms. The summed E-state index contributed by atoms with van der Waals surface area (Å²) in [5, 5.41) is 0. The molecule has 1 saturated carbocycles. The van der Waals surface area contributed by atoms with E-state index in [9.17, 15) is 0 Å². The summed E-state index contributed by atoms with van der Waals surface area (Å²) in [7, 11) is 0. The first-order valence-electron chi connectivity index (χ1n) is 7.45. The number of hydrogen-bond acceptors (Lipinski definition) is 1. The molecular weight excluding hydrogens is 230 g/mol. The van der Waals surface area contributed by atoms with Crippen molar-refractivity contribution in [2.45, 2.75) is 44.4 Å². The van der Waals surface area contributed by atoms with E-state index in [1.54, 1.807) is 0 Å². The number of pyridine rings is 1. The van der Waals surface area contributed by atoms with Crippen molar-refractivity contribution in [2.24, 2.45) is 0 Å². The fourth-order valence-electron chi connectivity index (χ4n) is 3.17. The molecule has 2 aromatic rings. The van der Waals surface area contributed by atoms with Gasteiger partial charge in [-0.15, -0.1) is 0 Å². The zero-order chi connectivity index (χ0) is 12.9. The molecule has 0 atom stereocenters. The highest BCUT2D eigenvalue weighted by atomic mass is 14.7. The molecule has 0 N–H and O–H groups in total. The Morgan fingerprint density at radius 1 is 0.789 bits per heavy atom. The van der Waals surface area contributed by atoms with Gasteiger partial charge < -0.3 is 0 Å². The Morgan fingerprint density at radius 3 is 2.26 bits per heavy atom. The average Bonchev–Trinajstić information content (AvgIpc) is 2.77. The van der Waals surface area contributed by atoms with Crippen molar-refractivity contribution < 1.29 is 0 Å². The second kappa shape index (κ2) is 6.01. The second-order valence-corrected chi connectivity index (χ2v) is 5.50. The molecule has 0 unspecified atom stereocenters. The molecule has 0 radical (unpaired) electrons. The minimum atomic E-state index is 0.700. The monoisotopic (exact) mass is 251 g/mol. The van der Waals surface area contributed by atoms with E-state index in [2.05, 4.69) is 47.4 Å². The predicted molar refractivity (Wildman–Crippen MR) is 80.1 cm³/mol. The summed E-state index contributed by atoms with van der Waals surface area (Å²) in [6, 6.07) is 15.0. The van der Waals surface area contributed by atoms with Crippen molar-refractivity contribution in [1.29, 1.82) is 0 Å². The van der Waals surface area contributed by atoms with Crippen LogP contribution in [0.2, 0.25) is 0 Å². The Morgan fingerprint density at radius 2 is 1.53 bits per heavy atom. The van der Waals surface area contributed by atoms with E-state index in [4.69, 9.17) is 0 Å². The Labute approximate surface area is 115 Å². The van der Waals surface area contributed by atoms with Crippen molar-refractivity contribution in [3.63, 3.8) is 0 Å². The normalized spacial score (nSPS) is 17.1. The average molecular weight is 251 g/mol. The molecule has 3 rings (SSSR count). The maximum absolute atomic E-state index is 4.65. The third-order valence-corrected chi connectivity index (χ3v) is 4.18. The van der Waals surface area contributed by atoms with Crippen LogP contribution in [-0.2, 0) is 0 Å². The van der Waals surface area contributed by atoms with Gasteiger partial charge in [0.2, 0.25) is 0 Å². The van der Waals surface area contributed by atoms with Gasteiger partial charge >= 0.3 is 0 Å². The summed E-state index contributed by atoms with van der Waals surface area (Å²) >= 11 is 0. The number of benzene rings is 1. The predicted octanol–water partition coefficient (Wildman–Crippen LogP) is 5.19. The lowest BCUT2D eigenvalue weighted by Gasteiger charge is -2.18. The maximum atomic E-state index is 4.65. The van der Waals surface area contributed by atoms with Crippen molar-refractivity contribution in [2.75, 3.05) is 0 Å². The van der Waals surface area contributed by atoms with Crippen LogP contribution in [0.5, 0.6) is 0 Å². The van der Waals surface area contributed by atoms with E-state index < -0.39 is 0 Å². The first-order valence-corrected chi connectivity index (χ1v) is 7.45. The highest BCUT2D eigenvalue weighted by molar-refractivity contribution is 5.63. The van der Waals surface area contributed by atoms with E-state index in [1.165, 1.54) is 55.3 Å². The van der Waals surface area contributed by atoms with Crippen LogP contribution < -0.4 is 0 Å². The fraction of sp³-hybridized carbons (Fsp3) is 0.389.